The van der Waals surface area contributed by atoms with Crippen molar-refractivity contribution >= 4 is 57.8 Å². The molecule has 3 amide bonds. The molecule has 1 fully saturated rings. The minimum atomic E-state index is -0.384. The second-order valence-corrected chi connectivity index (χ2v) is 11.5. The highest BCUT2D eigenvalue weighted by molar-refractivity contribution is 7.13. The Morgan fingerprint density at radius 1 is 1.29 bits per heavy atom. The lowest BCUT2D eigenvalue weighted by atomic mass is 9.78. The lowest BCUT2D eigenvalue weighted by Crippen LogP contribution is -2.47. The number of benzene rings is 1. The Morgan fingerprint density at radius 3 is 2.95 bits per heavy atom. The molecule has 0 bridgehead atoms. The average molecular weight is 555 g/mol. The molecule has 0 radical (unpaired) electrons. The number of aromatic nitrogens is 2. The molecule has 38 heavy (non-hydrogen) atoms. The number of nitrogens with zero attached hydrogens (tertiary/aromatic N) is 3. The maximum absolute atomic E-state index is 13.2. The minimum absolute atomic E-state index is 0.00813. The molecule has 3 N–H and O–H groups in total. The van der Waals surface area contributed by atoms with Gasteiger partial charge in [0.1, 0.15) is 5.69 Å². The molecule has 1 saturated carbocycles. The predicted molar refractivity (Wildman–Crippen MR) is 149 cm³/mol. The second-order valence-electron chi connectivity index (χ2n) is 10.0. The van der Waals surface area contributed by atoms with E-state index in [9.17, 15) is 14.4 Å². The Labute approximate surface area is 230 Å². The number of rotatable bonds is 6. The molecule has 3 heterocycles. The first-order valence-corrected chi connectivity index (χ1v) is 14.1. The summed E-state index contributed by atoms with van der Waals surface area (Å²) in [4.78, 5) is 53.9. The van der Waals surface area contributed by atoms with Gasteiger partial charge in [-0.25, -0.2) is 9.98 Å². The van der Waals surface area contributed by atoms with Crippen LogP contribution in [0, 0.1) is 11.8 Å². The largest absolute Gasteiger partial charge is 0.356 e. The number of thiazole rings is 1. The summed E-state index contributed by atoms with van der Waals surface area (Å²) in [6.07, 6.45) is 4.17. The van der Waals surface area contributed by atoms with Crippen LogP contribution in [0.5, 0.6) is 0 Å². The third-order valence-electron chi connectivity index (χ3n) is 7.25. The van der Waals surface area contributed by atoms with Crippen LogP contribution >= 0.6 is 22.9 Å². The van der Waals surface area contributed by atoms with E-state index in [2.05, 4.69) is 37.5 Å². The van der Waals surface area contributed by atoms with Crippen LogP contribution in [0.15, 0.2) is 29.3 Å². The van der Waals surface area contributed by atoms with Crippen LogP contribution < -0.4 is 10.6 Å². The normalized spacial score (nSPS) is 21.9. The van der Waals surface area contributed by atoms with E-state index < -0.39 is 0 Å². The first-order valence-electron chi connectivity index (χ1n) is 12.9. The Kier molecular flexibility index (Phi) is 7.92. The lowest BCUT2D eigenvalue weighted by molar-refractivity contribution is -0.126. The Balaban J connectivity index is 1.32. The molecule has 11 heteroatoms. The van der Waals surface area contributed by atoms with Crippen LogP contribution in [0.25, 0.3) is 10.9 Å². The summed E-state index contributed by atoms with van der Waals surface area (Å²) >= 11 is 7.48. The zero-order chi connectivity index (χ0) is 26.8. The summed E-state index contributed by atoms with van der Waals surface area (Å²) in [5.41, 5.74) is 2.23. The van der Waals surface area contributed by atoms with Crippen molar-refractivity contribution in [2.45, 2.75) is 45.2 Å². The lowest BCUT2D eigenvalue weighted by Gasteiger charge is -2.34. The van der Waals surface area contributed by atoms with Gasteiger partial charge in [0, 0.05) is 71.0 Å². The molecule has 0 saturated heterocycles. The SMILES string of the molecule is CCNC(=O)[C@H]1CC[C@H](NC(=O)c2cc3cc(Cl)ccc3[nH]2)C(C=NC(=O)c2nc3c(s2)CN(C)CC3)C1. The maximum Gasteiger partial charge on any atom is 0.305 e. The van der Waals surface area contributed by atoms with Crippen LogP contribution in [-0.4, -0.2) is 65.0 Å². The van der Waals surface area contributed by atoms with Gasteiger partial charge in [0.25, 0.3) is 5.91 Å². The van der Waals surface area contributed by atoms with Gasteiger partial charge in [-0.2, -0.15) is 0 Å². The molecule has 2 aromatic heterocycles. The van der Waals surface area contributed by atoms with Crippen molar-refractivity contribution in [3.63, 3.8) is 0 Å². The standard InChI is InChI=1S/C27H31ClN6O3S/c1-3-29-24(35)15-4-6-20(32-25(36)22-12-16-11-18(28)5-7-19(16)31-22)17(10-15)13-30-26(37)27-33-21-8-9-34(2)14-23(21)38-27/h5,7,11-13,15,17,20,31H,3-4,6,8-10,14H2,1-2H3,(H,29,35)(H,32,36)/t15-,17?,20-/m0/s1. The van der Waals surface area contributed by atoms with Crippen molar-refractivity contribution < 1.29 is 14.4 Å². The number of likely N-dealkylation sites (N-methyl/N-ethyl adjacent to an activating group) is 1. The van der Waals surface area contributed by atoms with Gasteiger partial charge in [-0.1, -0.05) is 11.6 Å². The quantitative estimate of drug-likeness (QED) is 0.400. The van der Waals surface area contributed by atoms with Crippen LogP contribution in [-0.2, 0) is 17.8 Å². The van der Waals surface area contributed by atoms with E-state index in [-0.39, 0.29) is 35.6 Å². The molecule has 1 aromatic carbocycles. The number of aromatic amines is 1. The van der Waals surface area contributed by atoms with Gasteiger partial charge in [0.2, 0.25) is 5.91 Å². The number of aliphatic imine (C=N–C) groups is 1. The van der Waals surface area contributed by atoms with E-state index >= 15 is 0 Å². The van der Waals surface area contributed by atoms with Gasteiger partial charge in [-0.3, -0.25) is 14.4 Å². The van der Waals surface area contributed by atoms with E-state index in [0.717, 1.165) is 41.0 Å². The Morgan fingerprint density at radius 2 is 2.13 bits per heavy atom. The van der Waals surface area contributed by atoms with Gasteiger partial charge in [-0.05, 0) is 57.5 Å². The van der Waals surface area contributed by atoms with Gasteiger partial charge in [0.05, 0.1) is 5.69 Å². The third kappa shape index (κ3) is 5.82. The molecule has 2 aliphatic rings. The first kappa shape index (κ1) is 26.5. The number of hydrogen-bond acceptors (Lipinski definition) is 6. The van der Waals surface area contributed by atoms with Gasteiger partial charge in [-0.15, -0.1) is 11.3 Å². The van der Waals surface area contributed by atoms with Crippen LogP contribution in [0.3, 0.4) is 0 Å². The van der Waals surface area contributed by atoms with Gasteiger partial charge in [0.15, 0.2) is 5.01 Å². The molecular weight excluding hydrogens is 524 g/mol. The third-order valence-corrected chi connectivity index (χ3v) is 8.56. The van der Waals surface area contributed by atoms with Crippen molar-refractivity contribution in [2.24, 2.45) is 16.8 Å². The Bertz CT molecular complexity index is 1400. The number of carbonyl (C=O) groups is 3. The predicted octanol–water partition coefficient (Wildman–Crippen LogP) is 3.83. The fraction of sp³-hybridized carbons (Fsp3) is 0.444. The molecule has 1 unspecified atom stereocenters. The molecule has 1 aliphatic carbocycles. The molecule has 5 rings (SSSR count). The van der Waals surface area contributed by atoms with Crippen molar-refractivity contribution in [1.29, 1.82) is 0 Å². The number of fused-ring (bicyclic) bond motifs is 2. The van der Waals surface area contributed by atoms with Crippen molar-refractivity contribution in [3.8, 4) is 0 Å². The number of halogens is 1. The molecule has 3 atom stereocenters. The molecule has 200 valence electrons. The molecular formula is C27H31ClN6O3S. The fourth-order valence-corrected chi connectivity index (χ4v) is 6.47. The summed E-state index contributed by atoms with van der Waals surface area (Å²) in [5.74, 6) is -1.12. The second kappa shape index (κ2) is 11.3. The van der Waals surface area contributed by atoms with Crippen LogP contribution in [0.4, 0.5) is 0 Å². The van der Waals surface area contributed by atoms with E-state index in [4.69, 9.17) is 11.6 Å². The highest BCUT2D eigenvalue weighted by Gasteiger charge is 2.34. The van der Waals surface area contributed by atoms with E-state index in [1.807, 2.05) is 13.0 Å². The molecule has 9 nitrogen and oxygen atoms in total. The molecule has 1 aliphatic heterocycles. The first-order chi connectivity index (χ1) is 18.3. The minimum Gasteiger partial charge on any atom is -0.356 e. The van der Waals surface area contributed by atoms with Crippen molar-refractivity contribution in [2.75, 3.05) is 20.1 Å². The smallest absolute Gasteiger partial charge is 0.305 e. The summed E-state index contributed by atoms with van der Waals surface area (Å²) in [6, 6.07) is 6.91. The zero-order valence-corrected chi connectivity index (χ0v) is 23.0. The van der Waals surface area contributed by atoms with Gasteiger partial charge >= 0.3 is 5.91 Å². The number of hydrogen-bond donors (Lipinski definition) is 3. The summed E-state index contributed by atoms with van der Waals surface area (Å²) in [5, 5.41) is 7.83. The number of nitrogens with one attached hydrogen (secondary N) is 3. The summed E-state index contributed by atoms with van der Waals surface area (Å²) < 4.78 is 0. The van der Waals surface area contributed by atoms with Crippen molar-refractivity contribution in [1.82, 2.24) is 25.5 Å². The van der Waals surface area contributed by atoms with Gasteiger partial charge < -0.3 is 20.5 Å². The monoisotopic (exact) mass is 554 g/mol. The van der Waals surface area contributed by atoms with E-state index in [1.54, 1.807) is 24.4 Å². The summed E-state index contributed by atoms with van der Waals surface area (Å²) in [6.45, 7) is 4.15. The maximum atomic E-state index is 13.2. The summed E-state index contributed by atoms with van der Waals surface area (Å²) in [7, 11) is 2.05. The number of amides is 3. The molecule has 3 aromatic rings. The van der Waals surface area contributed by atoms with E-state index in [1.165, 1.54) is 11.3 Å². The topological polar surface area (TPSA) is 120 Å². The highest BCUT2D eigenvalue weighted by Crippen LogP contribution is 2.30. The Hall–Kier alpha value is -3.08. The zero-order valence-electron chi connectivity index (χ0n) is 21.4. The molecule has 0 spiro atoms. The number of carbonyl (C=O) groups excluding carboxylic acids is 3. The van der Waals surface area contributed by atoms with Crippen LogP contribution in [0.1, 0.15) is 57.0 Å². The number of H-pyrrole nitrogens is 1. The fourth-order valence-electron chi connectivity index (χ4n) is 5.21. The highest BCUT2D eigenvalue weighted by atomic mass is 35.5. The van der Waals surface area contributed by atoms with Crippen molar-refractivity contribution in [3.05, 3.63) is 50.6 Å². The van der Waals surface area contributed by atoms with E-state index in [0.29, 0.717) is 41.5 Å². The average Bonchev–Trinajstić information content (AvgIpc) is 3.51. The van der Waals surface area contributed by atoms with Crippen LogP contribution in [0.2, 0.25) is 5.02 Å².